The molecule has 0 amide bonds. The van der Waals surface area contributed by atoms with Gasteiger partial charge in [-0.05, 0) is 30.5 Å². The first kappa shape index (κ1) is 16.8. The van der Waals surface area contributed by atoms with Gasteiger partial charge in [-0.1, -0.05) is 18.2 Å². The Morgan fingerprint density at radius 1 is 1.45 bits per heavy atom. The summed E-state index contributed by atoms with van der Waals surface area (Å²) in [6, 6.07) is 6.60. The van der Waals surface area contributed by atoms with Crippen molar-refractivity contribution in [2.24, 2.45) is 0 Å². The Hall–Kier alpha value is -1.60. The molecule has 2 aliphatic heterocycles. The van der Waals surface area contributed by atoms with Gasteiger partial charge in [0.05, 0.1) is 12.2 Å². The minimum absolute atomic E-state index is 0.0147. The van der Waals surface area contributed by atoms with Crippen LogP contribution in [0.25, 0.3) is 0 Å². The molecule has 2 N–H and O–H groups in total. The number of rotatable bonds is 0. The van der Waals surface area contributed by atoms with Crippen molar-refractivity contribution in [3.8, 4) is 0 Å². The highest BCUT2D eigenvalue weighted by Gasteiger charge is 2.44. The van der Waals surface area contributed by atoms with Crippen molar-refractivity contribution in [3.63, 3.8) is 0 Å². The van der Waals surface area contributed by atoms with Gasteiger partial charge in [-0.25, -0.2) is 4.79 Å². The zero-order valence-electron chi connectivity index (χ0n) is 12.3. The number of ether oxygens (including phenoxy) is 1. The summed E-state index contributed by atoms with van der Waals surface area (Å²) in [5, 5.41) is 10.6. The average molecular weight is 317 g/mol. The van der Waals surface area contributed by atoms with E-state index in [1.165, 1.54) is 16.7 Å². The van der Waals surface area contributed by atoms with E-state index in [4.69, 9.17) is 14.6 Å². The Kier molecular flexibility index (Phi) is 4.49. The Morgan fingerprint density at radius 2 is 2.09 bits per heavy atom. The van der Waals surface area contributed by atoms with Crippen LogP contribution < -0.4 is 5.32 Å². The number of fused-ring (bicyclic) bond motifs is 3. The Labute approximate surface area is 126 Å². The number of carboxylic acid groups (broad SMARTS) is 1. The molecule has 2 aliphatic rings. The van der Waals surface area contributed by atoms with Crippen molar-refractivity contribution < 1.29 is 27.8 Å². The van der Waals surface area contributed by atoms with Crippen LogP contribution in [0, 0.1) is 6.92 Å². The lowest BCUT2D eigenvalue weighted by molar-refractivity contribution is -0.192. The summed E-state index contributed by atoms with van der Waals surface area (Å²) < 4.78 is 37.8. The molecule has 122 valence electrons. The highest BCUT2D eigenvalue weighted by atomic mass is 19.4. The van der Waals surface area contributed by atoms with Crippen molar-refractivity contribution in [2.45, 2.75) is 38.1 Å². The van der Waals surface area contributed by atoms with E-state index in [0.29, 0.717) is 5.92 Å². The maximum Gasteiger partial charge on any atom is 0.490 e. The van der Waals surface area contributed by atoms with Crippen molar-refractivity contribution >= 4 is 5.97 Å². The predicted octanol–water partition coefficient (Wildman–Crippen LogP) is 2.60. The van der Waals surface area contributed by atoms with E-state index < -0.39 is 12.1 Å². The molecular formula is C15H18F3NO3. The molecule has 3 rings (SSSR count). The van der Waals surface area contributed by atoms with Crippen LogP contribution in [0.3, 0.4) is 0 Å². The average Bonchev–Trinajstić information content (AvgIpc) is 2.81. The van der Waals surface area contributed by atoms with Crippen LogP contribution in [0.1, 0.15) is 29.5 Å². The van der Waals surface area contributed by atoms with E-state index in [1.807, 2.05) is 0 Å². The van der Waals surface area contributed by atoms with Crippen molar-refractivity contribution in [1.29, 1.82) is 0 Å². The van der Waals surface area contributed by atoms with E-state index in [2.05, 4.69) is 37.4 Å². The number of nitrogens with one attached hydrogen (secondary N) is 1. The monoisotopic (exact) mass is 317 g/mol. The quantitative estimate of drug-likeness (QED) is 0.772. The lowest BCUT2D eigenvalue weighted by Crippen LogP contribution is -2.39. The standard InChI is InChI=1S/C13H17NO.C2HF3O2/c1-9-4-3-5-10-11(9)7-15-13(2)8-14-6-12(10)13;3-2(4,5)1(6)7/h3-5,12,14H,6-8H2,1-2H3;(H,6,7)/t12-,13+;/m0./s1. The Morgan fingerprint density at radius 3 is 2.68 bits per heavy atom. The second-order valence-electron chi connectivity index (χ2n) is 5.73. The van der Waals surface area contributed by atoms with Crippen LogP contribution in [-0.4, -0.2) is 35.9 Å². The van der Waals surface area contributed by atoms with E-state index in [0.717, 1.165) is 19.7 Å². The minimum Gasteiger partial charge on any atom is -0.475 e. The third-order valence-electron chi connectivity index (χ3n) is 4.17. The van der Waals surface area contributed by atoms with Gasteiger partial charge in [-0.15, -0.1) is 0 Å². The molecule has 1 fully saturated rings. The van der Waals surface area contributed by atoms with Gasteiger partial charge in [0.15, 0.2) is 0 Å². The first-order valence-electron chi connectivity index (χ1n) is 6.88. The molecule has 0 aliphatic carbocycles. The van der Waals surface area contributed by atoms with Gasteiger partial charge in [0, 0.05) is 19.0 Å². The van der Waals surface area contributed by atoms with E-state index in [-0.39, 0.29) is 5.60 Å². The fourth-order valence-electron chi connectivity index (χ4n) is 2.88. The molecule has 22 heavy (non-hydrogen) atoms. The molecule has 0 radical (unpaired) electrons. The summed E-state index contributed by atoms with van der Waals surface area (Å²) in [5.74, 6) is -2.23. The molecular weight excluding hydrogens is 299 g/mol. The maximum atomic E-state index is 10.6. The molecule has 2 atom stereocenters. The van der Waals surface area contributed by atoms with E-state index >= 15 is 0 Å². The van der Waals surface area contributed by atoms with Gasteiger partial charge in [-0.3, -0.25) is 0 Å². The summed E-state index contributed by atoms with van der Waals surface area (Å²) in [5.41, 5.74) is 4.28. The number of aryl methyl sites for hydroxylation is 1. The number of hydrogen-bond donors (Lipinski definition) is 2. The van der Waals surface area contributed by atoms with Crippen LogP contribution >= 0.6 is 0 Å². The van der Waals surface area contributed by atoms with Crippen molar-refractivity contribution in [2.75, 3.05) is 13.1 Å². The summed E-state index contributed by atoms with van der Waals surface area (Å²) in [6.45, 7) is 7.20. The van der Waals surface area contributed by atoms with Crippen LogP contribution in [0.5, 0.6) is 0 Å². The zero-order chi connectivity index (χ0) is 16.5. The summed E-state index contributed by atoms with van der Waals surface area (Å²) in [4.78, 5) is 8.90. The molecule has 1 aromatic rings. The first-order chi connectivity index (χ1) is 10.1. The Balaban J connectivity index is 0.000000217. The normalized spacial score (nSPS) is 26.5. The smallest absolute Gasteiger partial charge is 0.475 e. The number of carboxylic acids is 1. The van der Waals surface area contributed by atoms with E-state index in [9.17, 15) is 13.2 Å². The van der Waals surface area contributed by atoms with Crippen molar-refractivity contribution in [3.05, 3.63) is 34.9 Å². The molecule has 7 heteroatoms. The summed E-state index contributed by atoms with van der Waals surface area (Å²) >= 11 is 0. The molecule has 2 heterocycles. The second kappa shape index (κ2) is 5.89. The molecule has 0 saturated carbocycles. The van der Waals surface area contributed by atoms with E-state index in [1.54, 1.807) is 0 Å². The van der Waals surface area contributed by atoms with Crippen molar-refractivity contribution in [1.82, 2.24) is 5.32 Å². The molecule has 0 aromatic heterocycles. The van der Waals surface area contributed by atoms with Gasteiger partial charge in [-0.2, -0.15) is 13.2 Å². The largest absolute Gasteiger partial charge is 0.490 e. The number of carbonyl (C=O) groups is 1. The number of halogens is 3. The molecule has 1 saturated heterocycles. The van der Waals surface area contributed by atoms with Crippen LogP contribution in [0.2, 0.25) is 0 Å². The van der Waals surface area contributed by atoms with Crippen LogP contribution in [0.4, 0.5) is 13.2 Å². The summed E-state index contributed by atoms with van der Waals surface area (Å²) in [7, 11) is 0. The van der Waals surface area contributed by atoms with Gasteiger partial charge in [0.2, 0.25) is 0 Å². The maximum absolute atomic E-state index is 10.6. The van der Waals surface area contributed by atoms with Crippen LogP contribution in [0.15, 0.2) is 18.2 Å². The third-order valence-corrected chi connectivity index (χ3v) is 4.17. The second-order valence-corrected chi connectivity index (χ2v) is 5.73. The van der Waals surface area contributed by atoms with Gasteiger partial charge in [0.1, 0.15) is 0 Å². The molecule has 0 unspecified atom stereocenters. The Bertz CT molecular complexity index is 574. The SMILES string of the molecule is Cc1cccc2c1CO[C@]1(C)CNC[C@@H]21.O=C(O)C(F)(F)F. The first-order valence-corrected chi connectivity index (χ1v) is 6.88. The molecule has 0 bridgehead atoms. The van der Waals surface area contributed by atoms with Gasteiger partial charge >= 0.3 is 12.1 Å². The van der Waals surface area contributed by atoms with Gasteiger partial charge < -0.3 is 15.2 Å². The molecule has 0 spiro atoms. The zero-order valence-corrected chi connectivity index (χ0v) is 12.3. The van der Waals surface area contributed by atoms with Gasteiger partial charge in [0.25, 0.3) is 0 Å². The molecule has 4 nitrogen and oxygen atoms in total. The predicted molar refractivity (Wildman–Crippen MR) is 73.7 cm³/mol. The molecule has 1 aromatic carbocycles. The highest BCUT2D eigenvalue weighted by molar-refractivity contribution is 5.73. The summed E-state index contributed by atoms with van der Waals surface area (Å²) in [6.07, 6.45) is -5.08. The lowest BCUT2D eigenvalue weighted by Gasteiger charge is -2.37. The topological polar surface area (TPSA) is 58.6 Å². The minimum atomic E-state index is -5.08. The fraction of sp³-hybridized carbons (Fsp3) is 0.533. The third kappa shape index (κ3) is 3.25. The number of aliphatic carboxylic acids is 1. The number of benzene rings is 1. The van der Waals surface area contributed by atoms with Crippen LogP contribution in [-0.2, 0) is 16.1 Å². The highest BCUT2D eigenvalue weighted by Crippen LogP contribution is 2.41. The number of alkyl halides is 3. The lowest BCUT2D eigenvalue weighted by atomic mass is 9.80. The fourth-order valence-corrected chi connectivity index (χ4v) is 2.88. The number of hydrogen-bond acceptors (Lipinski definition) is 3.